The van der Waals surface area contributed by atoms with Crippen LogP contribution in [0.2, 0.25) is 0 Å². The van der Waals surface area contributed by atoms with E-state index in [0.717, 1.165) is 5.56 Å². The first-order valence-corrected chi connectivity index (χ1v) is 6.82. The van der Waals surface area contributed by atoms with Crippen molar-refractivity contribution >= 4 is 23.6 Å². The highest BCUT2D eigenvalue weighted by Gasteiger charge is 2.13. The Bertz CT molecular complexity index is 690. The van der Waals surface area contributed by atoms with Gasteiger partial charge in [-0.3, -0.25) is 9.78 Å². The molecule has 1 amide bonds. The molecule has 2 heterocycles. The van der Waals surface area contributed by atoms with Gasteiger partial charge in [-0.25, -0.2) is 4.79 Å². The molecule has 22 heavy (non-hydrogen) atoms. The van der Waals surface area contributed by atoms with E-state index in [4.69, 9.17) is 4.74 Å². The zero-order valence-corrected chi connectivity index (χ0v) is 12.4. The van der Waals surface area contributed by atoms with Gasteiger partial charge in [0.05, 0.1) is 12.3 Å². The van der Waals surface area contributed by atoms with Crippen LogP contribution in [0.4, 0.5) is 5.69 Å². The minimum Gasteiger partial charge on any atom is -0.461 e. The van der Waals surface area contributed by atoms with E-state index < -0.39 is 5.97 Å². The average molecular weight is 299 g/mol. The minimum absolute atomic E-state index is 0.287. The van der Waals surface area contributed by atoms with Crippen LogP contribution in [0, 0.1) is 0 Å². The Morgan fingerprint density at radius 1 is 1.45 bits per heavy atom. The molecule has 0 fully saturated rings. The number of nitrogens with zero attached hydrogens (tertiary/aromatic N) is 2. The fraction of sp³-hybridized carbons (Fsp3) is 0.188. The summed E-state index contributed by atoms with van der Waals surface area (Å²) < 4.78 is 6.55. The SMILES string of the molecule is CCOC(=O)c1cc(NC(=O)/C=C/c2cccnc2)cn1C. The standard InChI is InChI=1S/C16H17N3O3/c1-3-22-16(21)14-9-13(11-19(14)2)18-15(20)7-6-12-5-4-8-17-10-12/h4-11H,3H2,1-2H3,(H,18,20)/b7-6+. The number of rotatable bonds is 5. The first kappa shape index (κ1) is 15.5. The largest absolute Gasteiger partial charge is 0.461 e. The highest BCUT2D eigenvalue weighted by atomic mass is 16.5. The number of aryl methyl sites for hydroxylation is 1. The molecule has 2 rings (SSSR count). The van der Waals surface area contributed by atoms with Crippen LogP contribution >= 0.6 is 0 Å². The highest BCUT2D eigenvalue weighted by molar-refractivity contribution is 6.02. The van der Waals surface area contributed by atoms with E-state index in [9.17, 15) is 9.59 Å². The lowest BCUT2D eigenvalue weighted by atomic mass is 10.2. The summed E-state index contributed by atoms with van der Waals surface area (Å²) in [6.07, 6.45) is 8.05. The van der Waals surface area contributed by atoms with E-state index in [1.807, 2.05) is 6.07 Å². The van der Waals surface area contributed by atoms with E-state index in [0.29, 0.717) is 18.0 Å². The quantitative estimate of drug-likeness (QED) is 0.679. The number of esters is 1. The molecule has 2 aromatic heterocycles. The molecule has 0 bridgehead atoms. The average Bonchev–Trinajstić information content (AvgIpc) is 2.87. The number of pyridine rings is 1. The van der Waals surface area contributed by atoms with Gasteiger partial charge in [0.2, 0.25) is 5.91 Å². The lowest BCUT2D eigenvalue weighted by molar-refractivity contribution is -0.111. The number of carbonyl (C=O) groups excluding carboxylic acids is 2. The van der Waals surface area contributed by atoms with Gasteiger partial charge in [-0.05, 0) is 30.7 Å². The van der Waals surface area contributed by atoms with E-state index >= 15 is 0 Å². The van der Waals surface area contributed by atoms with Crippen molar-refractivity contribution in [1.29, 1.82) is 0 Å². The Kier molecular flexibility index (Phi) is 5.08. The number of carbonyl (C=O) groups is 2. The van der Waals surface area contributed by atoms with Crippen LogP contribution < -0.4 is 5.32 Å². The van der Waals surface area contributed by atoms with Crippen LogP contribution in [-0.4, -0.2) is 28.0 Å². The second-order valence-electron chi connectivity index (χ2n) is 4.55. The maximum Gasteiger partial charge on any atom is 0.355 e. The molecule has 1 N–H and O–H groups in total. The second-order valence-corrected chi connectivity index (χ2v) is 4.55. The van der Waals surface area contributed by atoms with E-state index in [1.165, 1.54) is 6.08 Å². The van der Waals surface area contributed by atoms with Crippen molar-refractivity contribution in [2.75, 3.05) is 11.9 Å². The van der Waals surface area contributed by atoms with Crippen LogP contribution in [0.1, 0.15) is 23.0 Å². The topological polar surface area (TPSA) is 73.2 Å². The van der Waals surface area contributed by atoms with Crippen molar-refractivity contribution in [1.82, 2.24) is 9.55 Å². The van der Waals surface area contributed by atoms with Crippen LogP contribution in [0.3, 0.4) is 0 Å². The summed E-state index contributed by atoms with van der Waals surface area (Å²) >= 11 is 0. The van der Waals surface area contributed by atoms with Gasteiger partial charge in [-0.2, -0.15) is 0 Å². The second kappa shape index (κ2) is 7.21. The molecule has 0 spiro atoms. The van der Waals surface area contributed by atoms with Gasteiger partial charge in [-0.15, -0.1) is 0 Å². The minimum atomic E-state index is -0.420. The molecule has 2 aromatic rings. The van der Waals surface area contributed by atoms with Crippen molar-refractivity contribution in [3.8, 4) is 0 Å². The third-order valence-electron chi connectivity index (χ3n) is 2.87. The molecule has 114 valence electrons. The predicted molar refractivity (Wildman–Crippen MR) is 83.3 cm³/mol. The zero-order valence-electron chi connectivity index (χ0n) is 12.4. The van der Waals surface area contributed by atoms with Gasteiger partial charge in [0.1, 0.15) is 5.69 Å². The molecule has 0 unspecified atom stereocenters. The lowest BCUT2D eigenvalue weighted by Crippen LogP contribution is -2.09. The van der Waals surface area contributed by atoms with Crippen molar-refractivity contribution in [2.24, 2.45) is 7.05 Å². The van der Waals surface area contributed by atoms with Crippen LogP contribution in [-0.2, 0) is 16.6 Å². The van der Waals surface area contributed by atoms with Gasteiger partial charge < -0.3 is 14.6 Å². The Balaban J connectivity index is 2.02. The number of amides is 1. The van der Waals surface area contributed by atoms with Gasteiger partial charge in [0, 0.05) is 31.7 Å². The third kappa shape index (κ3) is 4.05. The Labute approximate surface area is 128 Å². The van der Waals surface area contributed by atoms with Gasteiger partial charge in [-0.1, -0.05) is 6.07 Å². The molecule has 0 atom stereocenters. The van der Waals surface area contributed by atoms with Crippen LogP contribution in [0.15, 0.2) is 42.9 Å². The smallest absolute Gasteiger partial charge is 0.355 e. The summed E-state index contributed by atoms with van der Waals surface area (Å²) in [7, 11) is 1.72. The molecule has 0 saturated carbocycles. The number of anilines is 1. The first-order chi connectivity index (χ1) is 10.6. The molecule has 0 aromatic carbocycles. The Morgan fingerprint density at radius 3 is 2.95 bits per heavy atom. The van der Waals surface area contributed by atoms with Crippen LogP contribution in [0.25, 0.3) is 6.08 Å². The molecule has 0 radical (unpaired) electrons. The van der Waals surface area contributed by atoms with Gasteiger partial charge in [0.15, 0.2) is 0 Å². The lowest BCUT2D eigenvalue weighted by Gasteiger charge is -2.01. The third-order valence-corrected chi connectivity index (χ3v) is 2.87. The predicted octanol–water partition coefficient (Wildman–Crippen LogP) is 2.25. The van der Waals surface area contributed by atoms with Gasteiger partial charge in [0.25, 0.3) is 0 Å². The molecule has 6 nitrogen and oxygen atoms in total. The van der Waals surface area contributed by atoms with Crippen molar-refractivity contribution in [3.63, 3.8) is 0 Å². The summed E-state index contributed by atoms with van der Waals surface area (Å²) in [6, 6.07) is 5.21. The molecule has 0 aliphatic rings. The first-order valence-electron chi connectivity index (χ1n) is 6.82. The number of ether oxygens (including phenoxy) is 1. The summed E-state index contributed by atoms with van der Waals surface area (Å²) in [4.78, 5) is 27.5. The van der Waals surface area contributed by atoms with Crippen molar-refractivity contribution in [2.45, 2.75) is 6.92 Å². The highest BCUT2D eigenvalue weighted by Crippen LogP contribution is 2.14. The number of aromatic nitrogens is 2. The normalized spacial score (nSPS) is 10.6. The molecule has 0 saturated heterocycles. The van der Waals surface area contributed by atoms with E-state index in [-0.39, 0.29) is 5.91 Å². The molecule has 6 heteroatoms. The maximum absolute atomic E-state index is 11.9. The summed E-state index contributed by atoms with van der Waals surface area (Å²) in [5, 5.41) is 2.70. The van der Waals surface area contributed by atoms with E-state index in [2.05, 4.69) is 10.3 Å². The Hall–Kier alpha value is -2.89. The molecular formula is C16H17N3O3. The Morgan fingerprint density at radius 2 is 2.27 bits per heavy atom. The number of hydrogen-bond donors (Lipinski definition) is 1. The fourth-order valence-electron chi connectivity index (χ4n) is 1.87. The van der Waals surface area contributed by atoms with E-state index in [1.54, 1.807) is 55.3 Å². The zero-order chi connectivity index (χ0) is 15.9. The van der Waals surface area contributed by atoms with Crippen molar-refractivity contribution < 1.29 is 14.3 Å². The monoisotopic (exact) mass is 299 g/mol. The molecule has 0 aliphatic heterocycles. The maximum atomic E-state index is 11.9. The number of nitrogens with one attached hydrogen (secondary N) is 1. The molecular weight excluding hydrogens is 282 g/mol. The van der Waals surface area contributed by atoms with Gasteiger partial charge >= 0.3 is 5.97 Å². The summed E-state index contributed by atoms with van der Waals surface area (Å²) in [5.74, 6) is -0.707. The summed E-state index contributed by atoms with van der Waals surface area (Å²) in [6.45, 7) is 2.05. The molecule has 0 aliphatic carbocycles. The number of hydrogen-bond acceptors (Lipinski definition) is 4. The van der Waals surface area contributed by atoms with Crippen LogP contribution in [0.5, 0.6) is 0 Å². The summed E-state index contributed by atoms with van der Waals surface area (Å²) in [5.41, 5.74) is 1.75. The fourth-order valence-corrected chi connectivity index (χ4v) is 1.87. The van der Waals surface area contributed by atoms with Crippen molar-refractivity contribution in [3.05, 3.63) is 54.1 Å².